The molecule has 2 rings (SSSR count). The fourth-order valence-corrected chi connectivity index (χ4v) is 2.37. The number of carbonyl (C=O) groups excluding carboxylic acids is 1. The highest BCUT2D eigenvalue weighted by molar-refractivity contribution is 5.86. The zero-order valence-electron chi connectivity index (χ0n) is 11.7. The molecule has 0 aliphatic carbocycles. The predicted molar refractivity (Wildman–Crippen MR) is 75.4 cm³/mol. The first-order chi connectivity index (χ1) is 9.15. The maximum absolute atomic E-state index is 11.9. The molecule has 19 heavy (non-hydrogen) atoms. The van der Waals surface area contributed by atoms with Crippen LogP contribution in [0.2, 0.25) is 0 Å². The number of anilines is 2. The number of carbonyl (C=O) groups is 1. The Bertz CT molecular complexity index is 462. The Labute approximate surface area is 113 Å². The number of amides is 1. The third-order valence-electron chi connectivity index (χ3n) is 3.19. The molecule has 1 unspecified atom stereocenters. The van der Waals surface area contributed by atoms with Crippen molar-refractivity contribution in [2.45, 2.75) is 33.2 Å². The lowest BCUT2D eigenvalue weighted by Crippen LogP contribution is -2.55. The topological polar surface area (TPSA) is 70.2 Å². The second-order valence-electron chi connectivity index (χ2n) is 4.60. The Balaban J connectivity index is 2.31. The first-order valence-corrected chi connectivity index (χ1v) is 6.79. The highest BCUT2D eigenvalue weighted by atomic mass is 16.2. The molecule has 2 N–H and O–H groups in total. The van der Waals surface area contributed by atoms with Gasteiger partial charge < -0.3 is 15.5 Å². The lowest BCUT2D eigenvalue weighted by molar-refractivity contribution is -0.123. The van der Waals surface area contributed by atoms with E-state index in [1.165, 1.54) is 0 Å². The van der Waals surface area contributed by atoms with Crippen molar-refractivity contribution >= 4 is 17.5 Å². The van der Waals surface area contributed by atoms with Crippen LogP contribution in [0.15, 0.2) is 6.07 Å². The van der Waals surface area contributed by atoms with Crippen molar-refractivity contribution in [1.82, 2.24) is 15.3 Å². The van der Waals surface area contributed by atoms with E-state index in [0.29, 0.717) is 12.4 Å². The lowest BCUT2D eigenvalue weighted by atomic mass is 10.1. The van der Waals surface area contributed by atoms with Crippen LogP contribution < -0.4 is 15.5 Å². The van der Waals surface area contributed by atoms with Crippen molar-refractivity contribution < 1.29 is 4.79 Å². The van der Waals surface area contributed by atoms with Crippen LogP contribution >= 0.6 is 0 Å². The van der Waals surface area contributed by atoms with Crippen molar-refractivity contribution in [1.29, 1.82) is 0 Å². The summed E-state index contributed by atoms with van der Waals surface area (Å²) in [5.41, 5.74) is 0. The van der Waals surface area contributed by atoms with Gasteiger partial charge in [-0.05, 0) is 20.3 Å². The molecule has 2 heterocycles. The Hall–Kier alpha value is -1.85. The van der Waals surface area contributed by atoms with Gasteiger partial charge in [0.25, 0.3) is 0 Å². The quantitative estimate of drug-likeness (QED) is 0.845. The Morgan fingerprint density at radius 1 is 1.47 bits per heavy atom. The first-order valence-electron chi connectivity index (χ1n) is 6.79. The van der Waals surface area contributed by atoms with Crippen molar-refractivity contribution in [2.24, 2.45) is 0 Å². The minimum atomic E-state index is -0.141. The lowest BCUT2D eigenvalue weighted by Gasteiger charge is -2.35. The molecule has 1 saturated heterocycles. The van der Waals surface area contributed by atoms with Gasteiger partial charge in [-0.15, -0.1) is 0 Å². The molecule has 0 spiro atoms. The summed E-state index contributed by atoms with van der Waals surface area (Å²) >= 11 is 0. The maximum atomic E-state index is 11.9. The van der Waals surface area contributed by atoms with Gasteiger partial charge in [-0.25, -0.2) is 9.97 Å². The molecular formula is C13H21N5O. The van der Waals surface area contributed by atoms with Crippen molar-refractivity contribution in [3.63, 3.8) is 0 Å². The zero-order chi connectivity index (χ0) is 13.8. The monoisotopic (exact) mass is 263 g/mol. The molecule has 6 heteroatoms. The smallest absolute Gasteiger partial charge is 0.242 e. The van der Waals surface area contributed by atoms with Crippen LogP contribution in [0.4, 0.5) is 11.6 Å². The number of piperazine rings is 1. The predicted octanol–water partition coefficient (Wildman–Crippen LogP) is 0.932. The van der Waals surface area contributed by atoms with Gasteiger partial charge in [-0.3, -0.25) is 4.79 Å². The zero-order valence-corrected chi connectivity index (χ0v) is 11.7. The van der Waals surface area contributed by atoms with E-state index in [4.69, 9.17) is 0 Å². The fourth-order valence-electron chi connectivity index (χ4n) is 2.37. The SMILES string of the molecule is CCNc1cc(N2CCNC(=O)C2CC)nc(C)n1. The van der Waals surface area contributed by atoms with Crippen LogP contribution in [-0.4, -0.2) is 41.6 Å². The molecule has 1 aromatic heterocycles. The summed E-state index contributed by atoms with van der Waals surface area (Å²) in [5.74, 6) is 2.43. The van der Waals surface area contributed by atoms with Crippen molar-refractivity contribution in [3.05, 3.63) is 11.9 Å². The highest BCUT2D eigenvalue weighted by Crippen LogP contribution is 2.21. The minimum Gasteiger partial charge on any atom is -0.370 e. The molecule has 0 aromatic carbocycles. The van der Waals surface area contributed by atoms with Crippen molar-refractivity contribution in [2.75, 3.05) is 29.9 Å². The second-order valence-corrected chi connectivity index (χ2v) is 4.60. The number of hydrogen-bond donors (Lipinski definition) is 2. The number of nitrogens with one attached hydrogen (secondary N) is 2. The van der Waals surface area contributed by atoms with Crippen LogP contribution in [0, 0.1) is 6.92 Å². The molecule has 104 valence electrons. The summed E-state index contributed by atoms with van der Waals surface area (Å²) in [5, 5.41) is 6.09. The minimum absolute atomic E-state index is 0.0787. The molecule has 1 aliphatic rings. The van der Waals surface area contributed by atoms with Crippen LogP contribution in [-0.2, 0) is 4.79 Å². The van der Waals surface area contributed by atoms with Gasteiger partial charge >= 0.3 is 0 Å². The Kier molecular flexibility index (Phi) is 4.19. The van der Waals surface area contributed by atoms with Gasteiger partial charge in [0.15, 0.2) is 0 Å². The van der Waals surface area contributed by atoms with Gasteiger partial charge in [0.1, 0.15) is 23.5 Å². The van der Waals surface area contributed by atoms with E-state index < -0.39 is 0 Å². The van der Waals surface area contributed by atoms with E-state index >= 15 is 0 Å². The number of rotatable bonds is 4. The normalized spacial score (nSPS) is 19.2. The number of aryl methyl sites for hydroxylation is 1. The molecule has 0 radical (unpaired) electrons. The Morgan fingerprint density at radius 2 is 2.26 bits per heavy atom. The molecule has 0 bridgehead atoms. The van der Waals surface area contributed by atoms with Gasteiger partial charge in [-0.2, -0.15) is 0 Å². The summed E-state index contributed by atoms with van der Waals surface area (Å²) in [6, 6.07) is 1.77. The van der Waals surface area contributed by atoms with E-state index in [2.05, 4.69) is 25.5 Å². The van der Waals surface area contributed by atoms with Crippen LogP contribution in [0.5, 0.6) is 0 Å². The van der Waals surface area contributed by atoms with Gasteiger partial charge in [0, 0.05) is 25.7 Å². The van der Waals surface area contributed by atoms with Gasteiger partial charge in [0.05, 0.1) is 0 Å². The standard InChI is InChI=1S/C13H21N5O/c1-4-10-13(19)15-6-7-18(10)12-8-11(14-5-2)16-9(3)17-12/h8,10H,4-7H2,1-3H3,(H,15,19)(H,14,16,17). The average Bonchev–Trinajstić information content (AvgIpc) is 2.38. The molecule has 1 atom stereocenters. The van der Waals surface area contributed by atoms with Crippen LogP contribution in [0.1, 0.15) is 26.1 Å². The van der Waals surface area contributed by atoms with Gasteiger partial charge in [0.2, 0.25) is 5.91 Å². The maximum Gasteiger partial charge on any atom is 0.242 e. The average molecular weight is 263 g/mol. The van der Waals surface area contributed by atoms with E-state index in [9.17, 15) is 4.79 Å². The van der Waals surface area contributed by atoms with E-state index in [1.807, 2.05) is 26.8 Å². The number of aromatic nitrogens is 2. The number of hydrogen-bond acceptors (Lipinski definition) is 5. The molecule has 1 aromatic rings. The Morgan fingerprint density at radius 3 is 2.95 bits per heavy atom. The second kappa shape index (κ2) is 5.86. The first kappa shape index (κ1) is 13.6. The molecule has 1 aliphatic heterocycles. The molecular weight excluding hydrogens is 242 g/mol. The van der Waals surface area contributed by atoms with E-state index in [0.717, 1.165) is 31.1 Å². The van der Waals surface area contributed by atoms with Crippen molar-refractivity contribution in [3.8, 4) is 0 Å². The largest absolute Gasteiger partial charge is 0.370 e. The molecule has 6 nitrogen and oxygen atoms in total. The third-order valence-corrected chi connectivity index (χ3v) is 3.19. The summed E-state index contributed by atoms with van der Waals surface area (Å²) in [4.78, 5) is 22.8. The summed E-state index contributed by atoms with van der Waals surface area (Å²) in [6.07, 6.45) is 0.769. The molecule has 0 saturated carbocycles. The summed E-state index contributed by atoms with van der Waals surface area (Å²) in [7, 11) is 0. The molecule has 1 fully saturated rings. The fraction of sp³-hybridized carbons (Fsp3) is 0.615. The molecule has 1 amide bonds. The summed E-state index contributed by atoms with van der Waals surface area (Å²) < 4.78 is 0. The third kappa shape index (κ3) is 2.94. The van der Waals surface area contributed by atoms with Crippen LogP contribution in [0.25, 0.3) is 0 Å². The van der Waals surface area contributed by atoms with Gasteiger partial charge in [-0.1, -0.05) is 6.92 Å². The van der Waals surface area contributed by atoms with E-state index in [1.54, 1.807) is 0 Å². The van der Waals surface area contributed by atoms with E-state index in [-0.39, 0.29) is 11.9 Å². The number of nitrogens with zero attached hydrogens (tertiary/aromatic N) is 3. The van der Waals surface area contributed by atoms with Crippen LogP contribution in [0.3, 0.4) is 0 Å². The summed E-state index contributed by atoms with van der Waals surface area (Å²) in [6.45, 7) is 8.17. The highest BCUT2D eigenvalue weighted by Gasteiger charge is 2.29.